The average molecular weight is 319 g/mol. The second-order valence-corrected chi connectivity index (χ2v) is 7.06. The molecule has 0 bridgehead atoms. The first kappa shape index (κ1) is 16.1. The number of hydrogen-bond donors (Lipinski definition) is 0. The molecule has 23 heavy (non-hydrogen) atoms. The Morgan fingerprint density at radius 1 is 1.35 bits per heavy atom. The lowest BCUT2D eigenvalue weighted by Gasteiger charge is -2.26. The van der Waals surface area contributed by atoms with Gasteiger partial charge >= 0.3 is 0 Å². The van der Waals surface area contributed by atoms with Crippen molar-refractivity contribution in [1.29, 1.82) is 0 Å². The van der Waals surface area contributed by atoms with Crippen molar-refractivity contribution in [3.8, 4) is 0 Å². The van der Waals surface area contributed by atoms with Crippen molar-refractivity contribution in [2.75, 3.05) is 13.2 Å². The number of ether oxygens (including phenoxy) is 1. The molecule has 0 amide bonds. The highest BCUT2D eigenvalue weighted by Crippen LogP contribution is 2.19. The Bertz CT molecular complexity index is 596. The van der Waals surface area contributed by atoms with Gasteiger partial charge in [-0.05, 0) is 56.2 Å². The van der Waals surface area contributed by atoms with Crippen molar-refractivity contribution in [3.63, 3.8) is 0 Å². The van der Waals surface area contributed by atoms with E-state index in [4.69, 9.17) is 9.15 Å². The minimum atomic E-state index is -0.140. The molecule has 0 N–H and O–H groups in total. The standard InChI is InChI=1S/C16H25N5O2/c1-16(2,3)21-15(17-18-19-21)12-20(10-13-6-4-8-22-13)11-14-7-5-9-23-14/h4,6,8,14H,5,7,9-12H2,1-3H3/t14-/m0/s1. The predicted molar refractivity (Wildman–Crippen MR) is 84.6 cm³/mol. The number of rotatable bonds is 6. The molecule has 3 rings (SSSR count). The Labute approximate surface area is 136 Å². The largest absolute Gasteiger partial charge is 0.468 e. The third-order valence-corrected chi connectivity index (χ3v) is 3.98. The molecule has 0 saturated carbocycles. The number of furan rings is 1. The monoisotopic (exact) mass is 319 g/mol. The van der Waals surface area contributed by atoms with E-state index in [1.54, 1.807) is 6.26 Å². The molecule has 1 atom stereocenters. The van der Waals surface area contributed by atoms with E-state index in [1.807, 2.05) is 16.8 Å². The summed E-state index contributed by atoms with van der Waals surface area (Å²) < 4.78 is 13.2. The number of tetrazole rings is 1. The molecular weight excluding hydrogens is 294 g/mol. The molecule has 7 nitrogen and oxygen atoms in total. The van der Waals surface area contributed by atoms with Gasteiger partial charge in [0.25, 0.3) is 0 Å². The van der Waals surface area contributed by atoms with Crippen LogP contribution >= 0.6 is 0 Å². The molecule has 0 spiro atoms. The summed E-state index contributed by atoms with van der Waals surface area (Å²) in [4.78, 5) is 2.29. The third kappa shape index (κ3) is 4.17. The predicted octanol–water partition coefficient (Wildman–Crippen LogP) is 2.20. The second kappa shape index (κ2) is 6.80. The van der Waals surface area contributed by atoms with Crippen LogP contribution in [0.2, 0.25) is 0 Å². The second-order valence-electron chi connectivity index (χ2n) is 7.06. The summed E-state index contributed by atoms with van der Waals surface area (Å²) in [6, 6.07) is 3.91. The van der Waals surface area contributed by atoms with Crippen LogP contribution in [0.4, 0.5) is 0 Å². The van der Waals surface area contributed by atoms with Crippen molar-refractivity contribution in [1.82, 2.24) is 25.1 Å². The van der Waals surface area contributed by atoms with Crippen molar-refractivity contribution in [2.24, 2.45) is 0 Å². The zero-order chi connectivity index (χ0) is 16.3. The molecule has 2 aromatic heterocycles. The molecular formula is C16H25N5O2. The fourth-order valence-electron chi connectivity index (χ4n) is 2.91. The summed E-state index contributed by atoms with van der Waals surface area (Å²) in [6.45, 7) is 9.42. The molecule has 0 unspecified atom stereocenters. The molecule has 0 aliphatic carbocycles. The van der Waals surface area contributed by atoms with Crippen LogP contribution in [0.1, 0.15) is 45.2 Å². The van der Waals surface area contributed by atoms with Gasteiger partial charge < -0.3 is 9.15 Å². The molecule has 0 radical (unpaired) electrons. The van der Waals surface area contributed by atoms with E-state index in [1.165, 1.54) is 0 Å². The maximum absolute atomic E-state index is 5.79. The SMILES string of the molecule is CC(C)(C)n1nnnc1CN(Cc1ccco1)C[C@@H]1CCCO1. The maximum Gasteiger partial charge on any atom is 0.165 e. The Morgan fingerprint density at radius 3 is 2.87 bits per heavy atom. The molecule has 1 aliphatic rings. The highest BCUT2D eigenvalue weighted by molar-refractivity contribution is 4.99. The maximum atomic E-state index is 5.79. The molecule has 1 saturated heterocycles. The zero-order valence-electron chi connectivity index (χ0n) is 14.1. The van der Waals surface area contributed by atoms with Crippen molar-refractivity contribution in [3.05, 3.63) is 30.0 Å². The van der Waals surface area contributed by atoms with Crippen LogP contribution in [0.25, 0.3) is 0 Å². The molecule has 2 aromatic rings. The lowest BCUT2D eigenvalue weighted by Crippen LogP contribution is -2.34. The first-order valence-corrected chi connectivity index (χ1v) is 8.16. The quantitative estimate of drug-likeness (QED) is 0.813. The van der Waals surface area contributed by atoms with Crippen LogP contribution in [0.5, 0.6) is 0 Å². The van der Waals surface area contributed by atoms with Gasteiger partial charge in [0, 0.05) is 13.2 Å². The zero-order valence-corrected chi connectivity index (χ0v) is 14.1. The minimum absolute atomic E-state index is 0.140. The Morgan fingerprint density at radius 2 is 2.22 bits per heavy atom. The van der Waals surface area contributed by atoms with E-state index in [2.05, 4.69) is 41.2 Å². The first-order chi connectivity index (χ1) is 11.0. The van der Waals surface area contributed by atoms with Crippen LogP contribution in [0.3, 0.4) is 0 Å². The van der Waals surface area contributed by atoms with E-state index < -0.39 is 0 Å². The van der Waals surface area contributed by atoms with Gasteiger partial charge in [0.1, 0.15) is 5.76 Å². The van der Waals surface area contributed by atoms with Gasteiger partial charge in [0.05, 0.1) is 31.0 Å². The van der Waals surface area contributed by atoms with E-state index in [0.29, 0.717) is 6.54 Å². The number of hydrogen-bond acceptors (Lipinski definition) is 6. The molecule has 1 aliphatic heterocycles. The van der Waals surface area contributed by atoms with E-state index >= 15 is 0 Å². The Hall–Kier alpha value is -1.73. The van der Waals surface area contributed by atoms with E-state index in [9.17, 15) is 0 Å². The van der Waals surface area contributed by atoms with Gasteiger partial charge in [-0.2, -0.15) is 0 Å². The van der Waals surface area contributed by atoms with Crippen LogP contribution in [-0.4, -0.2) is 44.4 Å². The normalized spacial score (nSPS) is 18.9. The summed E-state index contributed by atoms with van der Waals surface area (Å²) in [5, 5.41) is 12.2. The molecule has 3 heterocycles. The van der Waals surface area contributed by atoms with Crippen LogP contribution in [-0.2, 0) is 23.4 Å². The van der Waals surface area contributed by atoms with Crippen molar-refractivity contribution < 1.29 is 9.15 Å². The Balaban J connectivity index is 1.73. The first-order valence-electron chi connectivity index (χ1n) is 8.16. The summed E-state index contributed by atoms with van der Waals surface area (Å²) in [6.07, 6.45) is 4.24. The van der Waals surface area contributed by atoms with E-state index in [0.717, 1.165) is 44.1 Å². The summed E-state index contributed by atoms with van der Waals surface area (Å²) in [5.74, 6) is 1.81. The van der Waals surface area contributed by atoms with Gasteiger partial charge in [-0.3, -0.25) is 4.90 Å². The average Bonchev–Trinajstić information content (AvgIpc) is 3.18. The molecule has 1 fully saturated rings. The van der Waals surface area contributed by atoms with E-state index in [-0.39, 0.29) is 11.6 Å². The fraction of sp³-hybridized carbons (Fsp3) is 0.688. The van der Waals surface area contributed by atoms with Gasteiger partial charge in [0.2, 0.25) is 0 Å². The Kier molecular flexibility index (Phi) is 4.77. The fourth-order valence-corrected chi connectivity index (χ4v) is 2.91. The number of nitrogens with zero attached hydrogens (tertiary/aromatic N) is 5. The van der Waals surface area contributed by atoms with Crippen LogP contribution < -0.4 is 0 Å². The van der Waals surface area contributed by atoms with Crippen LogP contribution in [0, 0.1) is 0 Å². The lowest BCUT2D eigenvalue weighted by molar-refractivity contribution is 0.0634. The highest BCUT2D eigenvalue weighted by atomic mass is 16.5. The van der Waals surface area contributed by atoms with Gasteiger partial charge in [-0.1, -0.05) is 0 Å². The van der Waals surface area contributed by atoms with Gasteiger partial charge in [-0.15, -0.1) is 5.10 Å². The topological polar surface area (TPSA) is 69.2 Å². The summed E-state index contributed by atoms with van der Waals surface area (Å²) in [5.41, 5.74) is -0.140. The van der Waals surface area contributed by atoms with Gasteiger partial charge in [0.15, 0.2) is 5.82 Å². The summed E-state index contributed by atoms with van der Waals surface area (Å²) >= 11 is 0. The smallest absolute Gasteiger partial charge is 0.165 e. The summed E-state index contributed by atoms with van der Waals surface area (Å²) in [7, 11) is 0. The molecule has 126 valence electrons. The third-order valence-electron chi connectivity index (χ3n) is 3.98. The lowest BCUT2D eigenvalue weighted by atomic mass is 10.1. The van der Waals surface area contributed by atoms with Crippen molar-refractivity contribution >= 4 is 0 Å². The highest BCUT2D eigenvalue weighted by Gasteiger charge is 2.24. The molecule has 7 heteroatoms. The van der Waals surface area contributed by atoms with Crippen LogP contribution in [0.15, 0.2) is 22.8 Å². The van der Waals surface area contributed by atoms with Crippen molar-refractivity contribution in [2.45, 2.75) is 58.3 Å². The molecule has 0 aromatic carbocycles. The van der Waals surface area contributed by atoms with Gasteiger partial charge in [-0.25, -0.2) is 4.68 Å². The minimum Gasteiger partial charge on any atom is -0.468 e. The number of aromatic nitrogens is 4.